The fourth-order valence-corrected chi connectivity index (χ4v) is 4.29. The molecule has 1 atom stereocenters. The molecule has 1 N–H and O–H groups in total. The Morgan fingerprint density at radius 2 is 1.88 bits per heavy atom. The van der Waals surface area contributed by atoms with Gasteiger partial charge in [-0.15, -0.1) is 11.8 Å². The number of ether oxygens (including phenoxy) is 1. The molecule has 2 aromatic carbocycles. The van der Waals surface area contributed by atoms with Crippen LogP contribution in [0, 0.1) is 5.92 Å². The first-order chi connectivity index (χ1) is 15.9. The normalized spacial score (nSPS) is 15.5. The van der Waals surface area contributed by atoms with Crippen LogP contribution in [0.2, 0.25) is 5.02 Å². The monoisotopic (exact) mass is 489 g/mol. The number of nitrogens with zero attached hydrogens (tertiary/aromatic N) is 2. The highest BCUT2D eigenvalue weighted by atomic mass is 35.5. The van der Waals surface area contributed by atoms with Crippen molar-refractivity contribution < 1.29 is 19.1 Å². The number of hydrogen-bond acceptors (Lipinski definition) is 5. The van der Waals surface area contributed by atoms with Crippen LogP contribution in [0.25, 0.3) is 0 Å². The van der Waals surface area contributed by atoms with Crippen molar-refractivity contribution in [1.29, 1.82) is 0 Å². The third-order valence-corrected chi connectivity index (χ3v) is 6.59. The summed E-state index contributed by atoms with van der Waals surface area (Å²) in [4.78, 5) is 41.8. The zero-order valence-electron chi connectivity index (χ0n) is 19.0. The van der Waals surface area contributed by atoms with Crippen molar-refractivity contribution in [2.24, 2.45) is 5.92 Å². The molecule has 33 heavy (non-hydrogen) atoms. The average molecular weight is 490 g/mol. The summed E-state index contributed by atoms with van der Waals surface area (Å²) in [5, 5.41) is 3.12. The molecular formula is C24H28ClN3O4S. The van der Waals surface area contributed by atoms with E-state index >= 15 is 0 Å². The number of likely N-dealkylation sites (N-methyl/N-ethyl adjacent to an activating group) is 1. The molecule has 0 saturated carbocycles. The van der Waals surface area contributed by atoms with Crippen molar-refractivity contribution in [3.63, 3.8) is 0 Å². The molecule has 3 rings (SSSR count). The van der Waals surface area contributed by atoms with Crippen LogP contribution in [0.4, 0.5) is 11.4 Å². The van der Waals surface area contributed by atoms with Gasteiger partial charge in [-0.05, 0) is 62.6 Å². The zero-order valence-corrected chi connectivity index (χ0v) is 20.5. The SMILES string of the molecule is CCN(CC)C(=O)COc1ccc(NC(=O)[C@@H]2CC(=O)N(c3ccc(SC)cc3)C2)cc1Cl. The smallest absolute Gasteiger partial charge is 0.260 e. The van der Waals surface area contributed by atoms with E-state index in [4.69, 9.17) is 16.3 Å². The van der Waals surface area contributed by atoms with Crippen molar-refractivity contribution in [2.75, 3.05) is 42.7 Å². The van der Waals surface area contributed by atoms with Crippen molar-refractivity contribution in [1.82, 2.24) is 4.90 Å². The number of halogens is 1. The van der Waals surface area contributed by atoms with Gasteiger partial charge in [-0.25, -0.2) is 0 Å². The van der Waals surface area contributed by atoms with Crippen molar-refractivity contribution in [3.8, 4) is 5.75 Å². The van der Waals surface area contributed by atoms with E-state index in [2.05, 4.69) is 5.32 Å². The molecule has 0 unspecified atom stereocenters. The summed E-state index contributed by atoms with van der Waals surface area (Å²) in [7, 11) is 0. The number of amides is 3. The molecule has 7 nitrogen and oxygen atoms in total. The number of thioether (sulfide) groups is 1. The molecule has 0 bridgehead atoms. The van der Waals surface area contributed by atoms with Gasteiger partial charge in [0.25, 0.3) is 5.91 Å². The molecule has 2 aromatic rings. The predicted molar refractivity (Wildman–Crippen MR) is 132 cm³/mol. The summed E-state index contributed by atoms with van der Waals surface area (Å²) in [6.07, 6.45) is 2.14. The minimum Gasteiger partial charge on any atom is -0.482 e. The third kappa shape index (κ3) is 6.21. The Morgan fingerprint density at radius 3 is 2.48 bits per heavy atom. The highest BCUT2D eigenvalue weighted by Crippen LogP contribution is 2.30. The summed E-state index contributed by atoms with van der Waals surface area (Å²) < 4.78 is 5.55. The summed E-state index contributed by atoms with van der Waals surface area (Å²) >= 11 is 7.92. The van der Waals surface area contributed by atoms with E-state index in [0.29, 0.717) is 31.1 Å². The zero-order chi connectivity index (χ0) is 24.0. The van der Waals surface area contributed by atoms with E-state index < -0.39 is 5.92 Å². The molecule has 0 aromatic heterocycles. The number of hydrogen-bond donors (Lipinski definition) is 1. The van der Waals surface area contributed by atoms with Crippen molar-refractivity contribution >= 4 is 52.5 Å². The van der Waals surface area contributed by atoms with Gasteiger partial charge in [-0.3, -0.25) is 14.4 Å². The van der Waals surface area contributed by atoms with Crippen LogP contribution >= 0.6 is 23.4 Å². The van der Waals surface area contributed by atoms with Gasteiger partial charge in [0.2, 0.25) is 11.8 Å². The van der Waals surface area contributed by atoms with Gasteiger partial charge < -0.3 is 19.9 Å². The Hall–Kier alpha value is -2.71. The number of nitrogens with one attached hydrogen (secondary N) is 1. The Balaban J connectivity index is 1.58. The molecular weight excluding hydrogens is 462 g/mol. The lowest BCUT2D eigenvalue weighted by Gasteiger charge is -2.19. The molecule has 1 aliphatic heterocycles. The molecule has 1 saturated heterocycles. The molecule has 1 fully saturated rings. The summed E-state index contributed by atoms with van der Waals surface area (Å²) in [6.45, 7) is 5.26. The van der Waals surface area contributed by atoms with Crippen LogP contribution in [-0.4, -0.2) is 55.1 Å². The van der Waals surface area contributed by atoms with Crippen LogP contribution in [0.5, 0.6) is 5.75 Å². The third-order valence-electron chi connectivity index (χ3n) is 5.55. The minimum absolute atomic E-state index is 0.0771. The first-order valence-electron chi connectivity index (χ1n) is 10.8. The highest BCUT2D eigenvalue weighted by molar-refractivity contribution is 7.98. The van der Waals surface area contributed by atoms with E-state index in [-0.39, 0.29) is 35.8 Å². The highest BCUT2D eigenvalue weighted by Gasteiger charge is 2.35. The maximum absolute atomic E-state index is 12.8. The average Bonchev–Trinajstić information content (AvgIpc) is 3.21. The van der Waals surface area contributed by atoms with Crippen LogP contribution in [0.1, 0.15) is 20.3 Å². The number of anilines is 2. The first-order valence-corrected chi connectivity index (χ1v) is 12.4. The summed E-state index contributed by atoms with van der Waals surface area (Å²) in [6, 6.07) is 12.6. The predicted octanol–water partition coefficient (Wildman–Crippen LogP) is 4.30. The molecule has 9 heteroatoms. The van der Waals surface area contributed by atoms with Gasteiger partial charge in [0.05, 0.1) is 10.9 Å². The molecule has 0 spiro atoms. The van der Waals surface area contributed by atoms with E-state index in [1.165, 1.54) is 0 Å². The lowest BCUT2D eigenvalue weighted by Crippen LogP contribution is -2.34. The Labute approximate surface area is 203 Å². The quantitative estimate of drug-likeness (QED) is 0.531. The lowest BCUT2D eigenvalue weighted by molar-refractivity contribution is -0.133. The van der Waals surface area contributed by atoms with Gasteiger partial charge in [-0.1, -0.05) is 11.6 Å². The summed E-state index contributed by atoms with van der Waals surface area (Å²) in [5.74, 6) is -0.531. The van der Waals surface area contributed by atoms with Gasteiger partial charge in [0.15, 0.2) is 6.61 Å². The van der Waals surface area contributed by atoms with E-state index in [1.54, 1.807) is 39.8 Å². The second-order valence-electron chi connectivity index (χ2n) is 7.59. The van der Waals surface area contributed by atoms with Crippen LogP contribution < -0.4 is 15.0 Å². The molecule has 1 aliphatic rings. The first kappa shape index (κ1) is 24.9. The molecule has 3 amide bonds. The number of benzene rings is 2. The Kier molecular flexibility index (Phi) is 8.63. The van der Waals surface area contributed by atoms with Crippen LogP contribution in [0.3, 0.4) is 0 Å². The van der Waals surface area contributed by atoms with E-state index in [1.807, 2.05) is 44.4 Å². The topological polar surface area (TPSA) is 79.0 Å². The fourth-order valence-electron chi connectivity index (χ4n) is 3.64. The van der Waals surface area contributed by atoms with Gasteiger partial charge >= 0.3 is 0 Å². The second kappa shape index (κ2) is 11.4. The molecule has 0 radical (unpaired) electrons. The molecule has 1 heterocycles. The van der Waals surface area contributed by atoms with E-state index in [0.717, 1.165) is 10.6 Å². The van der Waals surface area contributed by atoms with Crippen LogP contribution in [0.15, 0.2) is 47.4 Å². The maximum atomic E-state index is 12.8. The number of carbonyl (C=O) groups excluding carboxylic acids is 3. The van der Waals surface area contributed by atoms with Gasteiger partial charge in [-0.2, -0.15) is 0 Å². The Bertz CT molecular complexity index is 1010. The van der Waals surface area contributed by atoms with Crippen LogP contribution in [-0.2, 0) is 14.4 Å². The van der Waals surface area contributed by atoms with E-state index in [9.17, 15) is 14.4 Å². The van der Waals surface area contributed by atoms with Gasteiger partial charge in [0, 0.05) is 42.3 Å². The second-order valence-corrected chi connectivity index (χ2v) is 8.88. The number of carbonyl (C=O) groups is 3. The number of rotatable bonds is 9. The lowest BCUT2D eigenvalue weighted by atomic mass is 10.1. The summed E-state index contributed by atoms with van der Waals surface area (Å²) in [5.41, 5.74) is 1.29. The standard InChI is InChI=1S/C24H28ClN3O4S/c1-4-27(5-2)23(30)15-32-21-11-6-17(13-20(21)25)26-24(31)16-12-22(29)28(14-16)18-7-9-19(33-3)10-8-18/h6-11,13,16H,4-5,12,14-15H2,1-3H3,(H,26,31)/t16-/m1/s1. The van der Waals surface area contributed by atoms with Crippen molar-refractivity contribution in [3.05, 3.63) is 47.5 Å². The Morgan fingerprint density at radius 1 is 1.18 bits per heavy atom. The molecule has 0 aliphatic carbocycles. The maximum Gasteiger partial charge on any atom is 0.260 e. The van der Waals surface area contributed by atoms with Gasteiger partial charge in [0.1, 0.15) is 5.75 Å². The van der Waals surface area contributed by atoms with Crippen molar-refractivity contribution in [2.45, 2.75) is 25.2 Å². The molecule has 176 valence electrons. The minimum atomic E-state index is -0.459. The largest absolute Gasteiger partial charge is 0.482 e. The fraction of sp³-hybridized carbons (Fsp3) is 0.375.